The summed E-state index contributed by atoms with van der Waals surface area (Å²) in [4.78, 5) is 14.6. The first kappa shape index (κ1) is 16.9. The smallest absolute Gasteiger partial charge is 0.337 e. The van der Waals surface area contributed by atoms with E-state index in [4.69, 9.17) is 0 Å². The van der Waals surface area contributed by atoms with Crippen molar-refractivity contribution in [3.8, 4) is 5.75 Å². The van der Waals surface area contributed by atoms with E-state index in [2.05, 4.69) is 10.3 Å². The Bertz CT molecular complexity index is 583. The van der Waals surface area contributed by atoms with Crippen LogP contribution in [0.1, 0.15) is 40.2 Å². The van der Waals surface area contributed by atoms with E-state index in [1.54, 1.807) is 20.8 Å². The first-order valence-electron chi connectivity index (χ1n) is 6.66. The molecule has 7 heteroatoms. The number of halogens is 1. The highest BCUT2D eigenvalue weighted by atomic mass is 19.1. The summed E-state index contributed by atoms with van der Waals surface area (Å²) < 4.78 is 14.2. The van der Waals surface area contributed by atoms with E-state index in [1.807, 2.05) is 13.8 Å². The van der Waals surface area contributed by atoms with Crippen molar-refractivity contribution in [1.82, 2.24) is 0 Å². The summed E-state index contributed by atoms with van der Waals surface area (Å²) in [6.07, 6.45) is 0. The van der Waals surface area contributed by atoms with Crippen molar-refractivity contribution in [2.75, 3.05) is 5.32 Å². The molecule has 0 radical (unpaired) electrons. The average molecular weight is 297 g/mol. The number of benzene rings is 1. The highest BCUT2D eigenvalue weighted by Gasteiger charge is 2.28. The number of nitro groups is 1. The molecular weight excluding hydrogens is 277 g/mol. The number of nitrogens with zero attached hydrogens (tertiary/aromatic N) is 2. The molecule has 1 rings (SSSR count). The molecule has 6 nitrogen and oxygen atoms in total. The first-order valence-corrected chi connectivity index (χ1v) is 6.66. The topological polar surface area (TPSA) is 87.8 Å². The maximum Gasteiger partial charge on any atom is 0.337 e. The number of anilines is 1. The van der Waals surface area contributed by atoms with Gasteiger partial charge < -0.3 is 10.4 Å². The van der Waals surface area contributed by atoms with Gasteiger partial charge in [-0.3, -0.25) is 15.1 Å². The molecule has 0 spiro atoms. The van der Waals surface area contributed by atoms with Gasteiger partial charge in [0.05, 0.1) is 4.92 Å². The van der Waals surface area contributed by atoms with Crippen molar-refractivity contribution >= 4 is 17.1 Å². The molecule has 0 unspecified atom stereocenters. The third-order valence-corrected chi connectivity index (χ3v) is 2.68. The van der Waals surface area contributed by atoms with Crippen LogP contribution in [0.4, 0.5) is 15.8 Å². The number of nitro benzene ring substituents is 1. The Labute approximate surface area is 122 Å². The van der Waals surface area contributed by atoms with Crippen LogP contribution >= 0.6 is 0 Å². The van der Waals surface area contributed by atoms with Crippen LogP contribution in [0.5, 0.6) is 5.75 Å². The zero-order chi connectivity index (χ0) is 16.3. The molecule has 0 bridgehead atoms. The van der Waals surface area contributed by atoms with Crippen LogP contribution in [0.3, 0.4) is 0 Å². The van der Waals surface area contributed by atoms with E-state index in [0.717, 1.165) is 6.07 Å². The Morgan fingerprint density at radius 2 is 2.00 bits per heavy atom. The van der Waals surface area contributed by atoms with Gasteiger partial charge in [0.1, 0.15) is 0 Å². The van der Waals surface area contributed by atoms with Gasteiger partial charge in [-0.2, -0.15) is 0 Å². The van der Waals surface area contributed by atoms with E-state index in [9.17, 15) is 19.6 Å². The van der Waals surface area contributed by atoms with E-state index in [1.165, 1.54) is 0 Å². The summed E-state index contributed by atoms with van der Waals surface area (Å²) in [6, 6.07) is 0.780. The van der Waals surface area contributed by atoms with Gasteiger partial charge in [-0.25, -0.2) is 4.39 Å². The number of hydrogen-bond acceptors (Lipinski definition) is 5. The second kappa shape index (κ2) is 6.51. The molecular formula is C14H20FN3O3. The van der Waals surface area contributed by atoms with Crippen LogP contribution < -0.4 is 5.32 Å². The molecule has 0 aromatic heterocycles. The number of hydrogen-bond donors (Lipinski definition) is 2. The van der Waals surface area contributed by atoms with Gasteiger partial charge >= 0.3 is 5.69 Å². The Morgan fingerprint density at radius 3 is 2.43 bits per heavy atom. The van der Waals surface area contributed by atoms with Crippen molar-refractivity contribution < 1.29 is 14.4 Å². The number of phenols is 1. The molecule has 2 N–H and O–H groups in total. The predicted molar refractivity (Wildman–Crippen MR) is 80.8 cm³/mol. The number of phenolic OH excluding ortho intramolecular Hbond substituents is 1. The summed E-state index contributed by atoms with van der Waals surface area (Å²) in [5, 5.41) is 24.0. The minimum atomic E-state index is -0.796. The lowest BCUT2D eigenvalue weighted by Crippen LogP contribution is -2.14. The quantitative estimate of drug-likeness (QED) is 0.495. The summed E-state index contributed by atoms with van der Waals surface area (Å²) in [5.41, 5.74) is -0.603. The minimum Gasteiger partial charge on any atom is -0.502 e. The zero-order valence-electron chi connectivity index (χ0n) is 12.8. The Balaban J connectivity index is 3.56. The lowest BCUT2D eigenvalue weighted by atomic mass is 10.1. The van der Waals surface area contributed by atoms with Crippen molar-refractivity contribution in [2.45, 2.75) is 46.7 Å². The van der Waals surface area contributed by atoms with Gasteiger partial charge in [0.15, 0.2) is 11.5 Å². The molecule has 21 heavy (non-hydrogen) atoms. The predicted octanol–water partition coefficient (Wildman–Crippen LogP) is 3.48. The minimum absolute atomic E-state index is 0.0298. The van der Waals surface area contributed by atoms with Gasteiger partial charge in [-0.05, 0) is 40.7 Å². The summed E-state index contributed by atoms with van der Waals surface area (Å²) >= 11 is 0. The van der Waals surface area contributed by atoms with E-state index in [0.29, 0.717) is 5.71 Å². The third kappa shape index (κ3) is 3.90. The van der Waals surface area contributed by atoms with E-state index < -0.39 is 22.2 Å². The van der Waals surface area contributed by atoms with Gasteiger partial charge in [-0.1, -0.05) is 0 Å². The van der Waals surface area contributed by atoms with E-state index in [-0.39, 0.29) is 23.3 Å². The molecule has 1 aromatic rings. The Hall–Kier alpha value is -2.18. The molecule has 0 aliphatic rings. The standard InChI is InChI=1S/C14H20FN3O3/c1-7(2)16-9(5)10-6-11(15)12(17-8(3)4)13(14(10)19)18(20)21/h6-8,17,19H,1-5H3. The van der Waals surface area contributed by atoms with Crippen LogP contribution in [0, 0.1) is 15.9 Å². The molecule has 0 saturated heterocycles. The van der Waals surface area contributed by atoms with Crippen LogP contribution in [0.2, 0.25) is 0 Å². The maximum absolute atomic E-state index is 14.2. The molecule has 0 fully saturated rings. The highest BCUT2D eigenvalue weighted by molar-refractivity contribution is 6.03. The van der Waals surface area contributed by atoms with Gasteiger partial charge in [0, 0.05) is 23.4 Å². The van der Waals surface area contributed by atoms with Crippen molar-refractivity contribution in [3.05, 3.63) is 27.6 Å². The van der Waals surface area contributed by atoms with Crippen LogP contribution in [-0.2, 0) is 0 Å². The lowest BCUT2D eigenvalue weighted by molar-refractivity contribution is -0.385. The SMILES string of the molecule is CC(=NC(C)C)c1cc(F)c(NC(C)C)c([N+](=O)[O-])c1O. The number of aliphatic imine (C=N–C) groups is 1. The van der Waals surface area contributed by atoms with Crippen molar-refractivity contribution in [1.29, 1.82) is 0 Å². The van der Waals surface area contributed by atoms with Crippen molar-refractivity contribution in [3.63, 3.8) is 0 Å². The van der Waals surface area contributed by atoms with Crippen LogP contribution in [0.25, 0.3) is 0 Å². The molecule has 1 aromatic carbocycles. The molecule has 0 heterocycles. The molecule has 0 saturated carbocycles. The molecule has 116 valence electrons. The Morgan fingerprint density at radius 1 is 1.43 bits per heavy atom. The van der Waals surface area contributed by atoms with Crippen LogP contribution in [0.15, 0.2) is 11.1 Å². The second-order valence-electron chi connectivity index (χ2n) is 5.34. The van der Waals surface area contributed by atoms with Crippen molar-refractivity contribution in [2.24, 2.45) is 4.99 Å². The maximum atomic E-state index is 14.2. The van der Waals surface area contributed by atoms with Gasteiger partial charge in [-0.15, -0.1) is 0 Å². The molecule has 0 aliphatic carbocycles. The summed E-state index contributed by atoms with van der Waals surface area (Å²) in [5.74, 6) is -1.37. The second-order valence-corrected chi connectivity index (χ2v) is 5.34. The van der Waals surface area contributed by atoms with E-state index >= 15 is 0 Å². The highest BCUT2D eigenvalue weighted by Crippen LogP contribution is 2.40. The Kier molecular flexibility index (Phi) is 5.23. The third-order valence-electron chi connectivity index (χ3n) is 2.68. The first-order chi connectivity index (χ1) is 9.65. The monoisotopic (exact) mass is 297 g/mol. The molecule has 0 amide bonds. The normalized spacial score (nSPS) is 12.1. The van der Waals surface area contributed by atoms with Gasteiger partial charge in [0.2, 0.25) is 5.75 Å². The fourth-order valence-electron chi connectivity index (χ4n) is 1.96. The average Bonchev–Trinajstić information content (AvgIpc) is 2.31. The number of rotatable bonds is 5. The number of aromatic hydroxyl groups is 1. The van der Waals surface area contributed by atoms with Gasteiger partial charge in [0.25, 0.3) is 0 Å². The summed E-state index contributed by atoms with van der Waals surface area (Å²) in [7, 11) is 0. The molecule has 0 atom stereocenters. The fourth-order valence-corrected chi connectivity index (χ4v) is 1.96. The zero-order valence-corrected chi connectivity index (χ0v) is 12.8. The lowest BCUT2D eigenvalue weighted by Gasteiger charge is -2.14. The largest absolute Gasteiger partial charge is 0.502 e. The van der Waals surface area contributed by atoms with Crippen LogP contribution in [-0.4, -0.2) is 27.8 Å². The molecule has 0 aliphatic heterocycles. The fraction of sp³-hybridized carbons (Fsp3) is 0.500. The summed E-state index contributed by atoms with van der Waals surface area (Å²) in [6.45, 7) is 8.66. The number of nitrogens with one attached hydrogen (secondary N) is 1.